The van der Waals surface area contributed by atoms with Crippen LogP contribution in [0.15, 0.2) is 42.0 Å². The number of carbonyl (C=O) groups is 1. The van der Waals surface area contributed by atoms with Gasteiger partial charge in [-0.3, -0.25) is 4.79 Å². The van der Waals surface area contributed by atoms with Crippen molar-refractivity contribution in [2.75, 3.05) is 6.54 Å². The number of aryl methyl sites for hydroxylation is 1. The van der Waals surface area contributed by atoms with Gasteiger partial charge in [0.1, 0.15) is 5.82 Å². The normalized spacial score (nSPS) is 11.5. The van der Waals surface area contributed by atoms with Crippen LogP contribution in [-0.2, 0) is 4.79 Å². The van der Waals surface area contributed by atoms with Crippen LogP contribution in [0.1, 0.15) is 37.0 Å². The molecule has 2 aromatic rings. The van der Waals surface area contributed by atoms with E-state index in [1.165, 1.54) is 12.1 Å². The van der Waals surface area contributed by atoms with Crippen molar-refractivity contribution >= 4 is 12.0 Å². The van der Waals surface area contributed by atoms with Crippen molar-refractivity contribution in [2.45, 2.75) is 34.1 Å². The van der Waals surface area contributed by atoms with Gasteiger partial charge in [-0.05, 0) is 73.2 Å². The molecule has 0 fully saturated rings. The highest BCUT2D eigenvalue weighted by Gasteiger charge is 2.09. The van der Waals surface area contributed by atoms with Crippen molar-refractivity contribution in [1.29, 1.82) is 0 Å². The van der Waals surface area contributed by atoms with E-state index in [0.29, 0.717) is 12.1 Å². The smallest absolute Gasteiger partial charge is 0.246 e. The van der Waals surface area contributed by atoms with Crippen molar-refractivity contribution in [1.82, 2.24) is 5.32 Å². The summed E-state index contributed by atoms with van der Waals surface area (Å²) in [6.45, 7) is 8.58. The average molecular weight is 325 g/mol. The molecule has 0 spiro atoms. The fourth-order valence-electron chi connectivity index (χ4n) is 2.64. The van der Waals surface area contributed by atoms with E-state index in [0.717, 1.165) is 34.2 Å². The molecule has 24 heavy (non-hydrogen) atoms. The van der Waals surface area contributed by atoms with Crippen molar-refractivity contribution in [3.63, 3.8) is 0 Å². The molecule has 0 aliphatic heterocycles. The Hall–Kier alpha value is -2.42. The highest BCUT2D eigenvalue weighted by atomic mass is 19.1. The SMILES string of the molecule is CCCNC(=O)/C(C)=C/c1cc(C)cc(-c2ccc(F)cc2)c1C. The minimum Gasteiger partial charge on any atom is -0.352 e. The third-order valence-corrected chi connectivity index (χ3v) is 4.01. The van der Waals surface area contributed by atoms with Gasteiger partial charge in [-0.25, -0.2) is 4.39 Å². The molecule has 2 aromatic carbocycles. The van der Waals surface area contributed by atoms with Gasteiger partial charge in [-0.15, -0.1) is 0 Å². The molecule has 0 radical (unpaired) electrons. The number of hydrogen-bond acceptors (Lipinski definition) is 1. The van der Waals surface area contributed by atoms with E-state index in [-0.39, 0.29) is 11.7 Å². The Morgan fingerprint density at radius 3 is 2.46 bits per heavy atom. The fraction of sp³-hybridized carbons (Fsp3) is 0.286. The van der Waals surface area contributed by atoms with Crippen molar-refractivity contribution in [3.05, 3.63) is 64.5 Å². The van der Waals surface area contributed by atoms with E-state index in [1.54, 1.807) is 12.1 Å². The Balaban J connectivity index is 2.41. The maximum atomic E-state index is 13.2. The molecule has 0 unspecified atom stereocenters. The molecule has 2 rings (SSSR count). The minimum atomic E-state index is -0.243. The molecule has 1 N–H and O–H groups in total. The summed E-state index contributed by atoms with van der Waals surface area (Å²) in [5, 5.41) is 2.89. The maximum Gasteiger partial charge on any atom is 0.246 e. The summed E-state index contributed by atoms with van der Waals surface area (Å²) in [7, 11) is 0. The second-order valence-corrected chi connectivity index (χ2v) is 6.12. The quantitative estimate of drug-likeness (QED) is 0.767. The molecule has 0 saturated heterocycles. The molecular formula is C21H24FNO. The molecule has 0 aliphatic rings. The van der Waals surface area contributed by atoms with Crippen LogP contribution in [0, 0.1) is 19.7 Å². The maximum absolute atomic E-state index is 13.2. The summed E-state index contributed by atoms with van der Waals surface area (Å²) >= 11 is 0. The summed E-state index contributed by atoms with van der Waals surface area (Å²) in [4.78, 5) is 12.1. The van der Waals surface area contributed by atoms with Crippen LogP contribution in [0.4, 0.5) is 4.39 Å². The molecule has 0 heterocycles. The first-order valence-electron chi connectivity index (χ1n) is 8.26. The fourth-order valence-corrected chi connectivity index (χ4v) is 2.64. The first kappa shape index (κ1) is 17.9. The predicted molar refractivity (Wildman–Crippen MR) is 98.3 cm³/mol. The summed E-state index contributed by atoms with van der Waals surface area (Å²) in [5.41, 5.74) is 5.91. The number of nitrogens with one attached hydrogen (secondary N) is 1. The van der Waals surface area contributed by atoms with Gasteiger partial charge in [-0.2, -0.15) is 0 Å². The van der Waals surface area contributed by atoms with Crippen LogP contribution >= 0.6 is 0 Å². The van der Waals surface area contributed by atoms with E-state index >= 15 is 0 Å². The molecule has 0 aromatic heterocycles. The van der Waals surface area contributed by atoms with E-state index in [9.17, 15) is 9.18 Å². The van der Waals surface area contributed by atoms with Crippen molar-refractivity contribution in [3.8, 4) is 11.1 Å². The molecule has 0 aliphatic carbocycles. The molecule has 2 nitrogen and oxygen atoms in total. The Morgan fingerprint density at radius 1 is 1.17 bits per heavy atom. The van der Waals surface area contributed by atoms with Crippen LogP contribution in [0.3, 0.4) is 0 Å². The largest absolute Gasteiger partial charge is 0.352 e. The molecular weight excluding hydrogens is 301 g/mol. The lowest BCUT2D eigenvalue weighted by molar-refractivity contribution is -0.117. The molecule has 1 amide bonds. The van der Waals surface area contributed by atoms with Gasteiger partial charge >= 0.3 is 0 Å². The topological polar surface area (TPSA) is 29.1 Å². The summed E-state index contributed by atoms with van der Waals surface area (Å²) < 4.78 is 13.2. The van der Waals surface area contributed by atoms with E-state index in [2.05, 4.69) is 17.4 Å². The number of benzene rings is 2. The van der Waals surface area contributed by atoms with Crippen molar-refractivity contribution in [2.24, 2.45) is 0 Å². The molecule has 0 bridgehead atoms. The minimum absolute atomic E-state index is 0.0407. The second kappa shape index (κ2) is 7.91. The average Bonchev–Trinajstić information content (AvgIpc) is 2.56. The lowest BCUT2D eigenvalue weighted by Crippen LogP contribution is -2.24. The molecule has 0 atom stereocenters. The Morgan fingerprint density at radius 2 is 1.83 bits per heavy atom. The summed E-state index contributed by atoms with van der Waals surface area (Å²) in [5.74, 6) is -0.284. The van der Waals surface area contributed by atoms with Crippen molar-refractivity contribution < 1.29 is 9.18 Å². The van der Waals surface area contributed by atoms with Crippen LogP contribution in [0.2, 0.25) is 0 Å². The van der Waals surface area contributed by atoms with Crippen LogP contribution < -0.4 is 5.32 Å². The number of hydrogen-bond donors (Lipinski definition) is 1. The van der Waals surface area contributed by atoms with Gasteiger partial charge in [0.05, 0.1) is 0 Å². The monoisotopic (exact) mass is 325 g/mol. The summed E-state index contributed by atoms with van der Waals surface area (Å²) in [6, 6.07) is 10.7. The Labute approximate surface area is 143 Å². The first-order chi connectivity index (χ1) is 11.4. The van der Waals surface area contributed by atoms with Crippen LogP contribution in [0.5, 0.6) is 0 Å². The molecule has 0 saturated carbocycles. The zero-order valence-electron chi connectivity index (χ0n) is 14.7. The second-order valence-electron chi connectivity index (χ2n) is 6.12. The lowest BCUT2D eigenvalue weighted by atomic mass is 9.93. The molecule has 3 heteroatoms. The van der Waals surface area contributed by atoms with Gasteiger partial charge in [0.15, 0.2) is 0 Å². The van der Waals surface area contributed by atoms with Gasteiger partial charge in [0.2, 0.25) is 5.91 Å². The zero-order valence-corrected chi connectivity index (χ0v) is 14.7. The van der Waals surface area contributed by atoms with Gasteiger partial charge < -0.3 is 5.32 Å². The lowest BCUT2D eigenvalue weighted by Gasteiger charge is -2.12. The zero-order chi connectivity index (χ0) is 17.7. The highest BCUT2D eigenvalue weighted by Crippen LogP contribution is 2.29. The van der Waals surface area contributed by atoms with E-state index in [1.807, 2.05) is 33.8 Å². The van der Waals surface area contributed by atoms with Gasteiger partial charge in [0, 0.05) is 12.1 Å². The number of rotatable bonds is 5. The van der Waals surface area contributed by atoms with E-state index < -0.39 is 0 Å². The number of amides is 1. The van der Waals surface area contributed by atoms with Crippen LogP contribution in [-0.4, -0.2) is 12.5 Å². The summed E-state index contributed by atoms with van der Waals surface area (Å²) in [6.07, 6.45) is 2.83. The first-order valence-corrected chi connectivity index (χ1v) is 8.26. The predicted octanol–water partition coefficient (Wildman–Crippen LogP) is 5.04. The van der Waals surface area contributed by atoms with Gasteiger partial charge in [0.25, 0.3) is 0 Å². The van der Waals surface area contributed by atoms with Crippen LogP contribution in [0.25, 0.3) is 17.2 Å². The number of carbonyl (C=O) groups excluding carboxylic acids is 1. The Bertz CT molecular complexity index is 760. The van der Waals surface area contributed by atoms with Gasteiger partial charge in [-0.1, -0.05) is 31.2 Å². The number of halogens is 1. The Kier molecular flexibility index (Phi) is 5.91. The highest BCUT2D eigenvalue weighted by molar-refractivity contribution is 5.97. The van der Waals surface area contributed by atoms with E-state index in [4.69, 9.17) is 0 Å². The molecule has 126 valence electrons. The standard InChI is InChI=1S/C21H24FNO/c1-5-10-23-21(24)15(3)13-18-11-14(2)12-20(16(18)4)17-6-8-19(22)9-7-17/h6-9,11-13H,5,10H2,1-4H3,(H,23,24)/b15-13+. The third kappa shape index (κ3) is 4.31. The third-order valence-electron chi connectivity index (χ3n) is 4.01.